The van der Waals surface area contributed by atoms with E-state index in [1.54, 1.807) is 12.1 Å². The van der Waals surface area contributed by atoms with Gasteiger partial charge in [0.1, 0.15) is 18.5 Å². The number of rotatable bonds is 5. The molecule has 1 aromatic carbocycles. The molecule has 0 saturated heterocycles. The summed E-state index contributed by atoms with van der Waals surface area (Å²) in [7, 11) is 1.50. The molecule has 16 heavy (non-hydrogen) atoms. The van der Waals surface area contributed by atoms with Crippen LogP contribution < -0.4 is 4.74 Å². The molecule has 1 aromatic rings. The van der Waals surface area contributed by atoms with Gasteiger partial charge in [0, 0.05) is 4.92 Å². The second-order valence-corrected chi connectivity index (χ2v) is 3.25. The molecule has 88 valence electrons. The predicted octanol–water partition coefficient (Wildman–Crippen LogP) is 0.366. The van der Waals surface area contributed by atoms with E-state index in [9.17, 15) is 15.2 Å². The van der Waals surface area contributed by atoms with E-state index in [1.165, 1.54) is 19.2 Å². The van der Waals surface area contributed by atoms with Crippen LogP contribution >= 0.6 is 0 Å². The van der Waals surface area contributed by atoms with Crippen LogP contribution in [0.25, 0.3) is 0 Å². The third kappa shape index (κ3) is 2.68. The van der Waals surface area contributed by atoms with Crippen LogP contribution in [0.4, 0.5) is 0 Å². The molecule has 0 fully saturated rings. The van der Waals surface area contributed by atoms with Crippen molar-refractivity contribution in [2.24, 2.45) is 0 Å². The molecule has 0 aliphatic carbocycles. The Morgan fingerprint density at radius 3 is 2.38 bits per heavy atom. The number of nitro groups is 1. The summed E-state index contributed by atoms with van der Waals surface area (Å²) in [4.78, 5) is 9.83. The minimum Gasteiger partial charge on any atom is -0.497 e. The van der Waals surface area contributed by atoms with Crippen LogP contribution in [0.3, 0.4) is 0 Å². The zero-order valence-corrected chi connectivity index (χ0v) is 8.74. The lowest BCUT2D eigenvalue weighted by atomic mass is 10.0. The number of hydrogen-bond donors (Lipinski definition) is 2. The molecule has 0 aromatic heterocycles. The minimum absolute atomic E-state index is 0.372. The van der Waals surface area contributed by atoms with Crippen molar-refractivity contribution < 1.29 is 19.9 Å². The Kier molecular flexibility index (Phi) is 4.21. The molecule has 0 aliphatic heterocycles. The van der Waals surface area contributed by atoms with Crippen LogP contribution in [0.5, 0.6) is 5.75 Å². The molecule has 0 aliphatic rings. The summed E-state index contributed by atoms with van der Waals surface area (Å²) in [6.07, 6.45) is -1.33. The first-order valence-corrected chi connectivity index (χ1v) is 4.66. The number of methoxy groups -OCH3 is 1. The van der Waals surface area contributed by atoms with Crippen LogP contribution in [0.2, 0.25) is 0 Å². The van der Waals surface area contributed by atoms with Crippen LogP contribution in [0, 0.1) is 10.1 Å². The molecule has 2 atom stereocenters. The van der Waals surface area contributed by atoms with Crippen molar-refractivity contribution in [3.8, 4) is 5.75 Å². The van der Waals surface area contributed by atoms with E-state index in [2.05, 4.69) is 0 Å². The molecule has 2 unspecified atom stereocenters. The average molecular weight is 227 g/mol. The standard InChI is InChI=1S/C10H13NO5/c1-16-8-4-2-7(3-5-8)10(13)9(6-12)11(14)15/h2-5,9-10,12-13H,6H2,1H3. The molecule has 1 rings (SSSR count). The van der Waals surface area contributed by atoms with E-state index in [4.69, 9.17) is 9.84 Å². The summed E-state index contributed by atoms with van der Waals surface area (Å²) in [6, 6.07) is 4.82. The van der Waals surface area contributed by atoms with Crippen LogP contribution in [0.15, 0.2) is 24.3 Å². The van der Waals surface area contributed by atoms with Gasteiger partial charge >= 0.3 is 0 Å². The third-order valence-corrected chi connectivity index (χ3v) is 2.28. The van der Waals surface area contributed by atoms with E-state index in [1.807, 2.05) is 0 Å². The summed E-state index contributed by atoms with van der Waals surface area (Å²) >= 11 is 0. The summed E-state index contributed by atoms with van der Waals surface area (Å²) in [5, 5.41) is 29.0. The Morgan fingerprint density at radius 2 is 2.00 bits per heavy atom. The third-order valence-electron chi connectivity index (χ3n) is 2.28. The molecule has 2 N–H and O–H groups in total. The van der Waals surface area contributed by atoms with Crippen molar-refractivity contribution in [3.05, 3.63) is 39.9 Å². The predicted molar refractivity (Wildman–Crippen MR) is 55.8 cm³/mol. The highest BCUT2D eigenvalue weighted by atomic mass is 16.6. The van der Waals surface area contributed by atoms with Crippen molar-refractivity contribution in [1.82, 2.24) is 0 Å². The van der Waals surface area contributed by atoms with Crippen molar-refractivity contribution >= 4 is 0 Å². The molecule has 6 heteroatoms. The van der Waals surface area contributed by atoms with E-state index in [-0.39, 0.29) is 0 Å². The summed E-state index contributed by atoms with van der Waals surface area (Å²) in [6.45, 7) is -0.708. The maximum absolute atomic E-state index is 10.5. The SMILES string of the molecule is COc1ccc(C(O)C(CO)[N+](=O)[O-])cc1. The second kappa shape index (κ2) is 5.43. The van der Waals surface area contributed by atoms with Gasteiger partial charge in [0.05, 0.1) is 7.11 Å². The van der Waals surface area contributed by atoms with Gasteiger partial charge in [-0.25, -0.2) is 0 Å². The fraction of sp³-hybridized carbons (Fsp3) is 0.400. The van der Waals surface area contributed by atoms with Crippen LogP contribution in [-0.4, -0.2) is 34.9 Å². The highest BCUT2D eigenvalue weighted by molar-refractivity contribution is 5.28. The average Bonchev–Trinajstić information content (AvgIpc) is 2.29. The number of ether oxygens (including phenoxy) is 1. The molecule has 0 heterocycles. The van der Waals surface area contributed by atoms with Gasteiger partial charge in [-0.05, 0) is 17.7 Å². The Morgan fingerprint density at radius 1 is 1.44 bits per heavy atom. The molecule has 6 nitrogen and oxygen atoms in total. The molecule has 0 amide bonds. The summed E-state index contributed by atoms with van der Waals surface area (Å²) < 4.78 is 4.92. The van der Waals surface area contributed by atoms with E-state index >= 15 is 0 Å². The Balaban J connectivity index is 2.86. The lowest BCUT2D eigenvalue weighted by molar-refractivity contribution is -0.539. The van der Waals surface area contributed by atoms with E-state index in [0.29, 0.717) is 11.3 Å². The molecule has 0 radical (unpaired) electrons. The molecule has 0 bridgehead atoms. The Labute approximate surface area is 92.2 Å². The van der Waals surface area contributed by atoms with Crippen molar-refractivity contribution in [3.63, 3.8) is 0 Å². The highest BCUT2D eigenvalue weighted by Gasteiger charge is 2.30. The first-order valence-electron chi connectivity index (χ1n) is 4.66. The van der Waals surface area contributed by atoms with E-state index < -0.39 is 23.7 Å². The normalized spacial score (nSPS) is 14.2. The fourth-order valence-corrected chi connectivity index (χ4v) is 1.31. The van der Waals surface area contributed by atoms with Crippen LogP contribution in [0.1, 0.15) is 11.7 Å². The van der Waals surface area contributed by atoms with Gasteiger partial charge in [-0.1, -0.05) is 12.1 Å². The van der Waals surface area contributed by atoms with Gasteiger partial charge < -0.3 is 14.9 Å². The molecular formula is C10H13NO5. The first-order chi connectivity index (χ1) is 7.60. The quantitative estimate of drug-likeness (QED) is 0.559. The number of nitrogens with zero attached hydrogens (tertiary/aromatic N) is 1. The number of aliphatic hydroxyl groups is 2. The summed E-state index contributed by atoms with van der Waals surface area (Å²) in [5.74, 6) is 0.595. The zero-order valence-electron chi connectivity index (χ0n) is 8.74. The fourth-order valence-electron chi connectivity index (χ4n) is 1.31. The maximum Gasteiger partial charge on any atom is 0.265 e. The highest BCUT2D eigenvalue weighted by Crippen LogP contribution is 2.21. The molecular weight excluding hydrogens is 214 g/mol. The van der Waals surface area contributed by atoms with Gasteiger partial charge in [-0.3, -0.25) is 10.1 Å². The van der Waals surface area contributed by atoms with Gasteiger partial charge in [0.2, 0.25) is 0 Å². The van der Waals surface area contributed by atoms with Crippen molar-refractivity contribution in [2.75, 3.05) is 13.7 Å². The maximum atomic E-state index is 10.5. The monoisotopic (exact) mass is 227 g/mol. The van der Waals surface area contributed by atoms with E-state index in [0.717, 1.165) is 0 Å². The topological polar surface area (TPSA) is 92.8 Å². The van der Waals surface area contributed by atoms with Gasteiger partial charge in [0.25, 0.3) is 6.04 Å². The summed E-state index contributed by atoms with van der Waals surface area (Å²) in [5.41, 5.74) is 0.372. The lowest BCUT2D eigenvalue weighted by Crippen LogP contribution is -2.31. The minimum atomic E-state index is -1.41. The van der Waals surface area contributed by atoms with Crippen LogP contribution in [-0.2, 0) is 0 Å². The zero-order chi connectivity index (χ0) is 12.1. The van der Waals surface area contributed by atoms with Crippen molar-refractivity contribution in [2.45, 2.75) is 12.1 Å². The van der Waals surface area contributed by atoms with Gasteiger partial charge in [0.15, 0.2) is 0 Å². The first kappa shape index (κ1) is 12.4. The molecule has 0 spiro atoms. The van der Waals surface area contributed by atoms with Gasteiger partial charge in [-0.15, -0.1) is 0 Å². The smallest absolute Gasteiger partial charge is 0.265 e. The second-order valence-electron chi connectivity index (χ2n) is 3.25. The number of hydrogen-bond acceptors (Lipinski definition) is 5. The lowest BCUT2D eigenvalue weighted by Gasteiger charge is -2.14. The number of aliphatic hydroxyl groups excluding tert-OH is 2. The Bertz CT molecular complexity index is 351. The largest absolute Gasteiger partial charge is 0.497 e. The van der Waals surface area contributed by atoms with Gasteiger partial charge in [-0.2, -0.15) is 0 Å². The Hall–Kier alpha value is -1.66. The molecule has 0 saturated carbocycles. The number of benzene rings is 1. The van der Waals surface area contributed by atoms with Crippen molar-refractivity contribution in [1.29, 1.82) is 0 Å².